The number of hydrogen-bond donors (Lipinski definition) is 0. The van der Waals surface area contributed by atoms with Crippen molar-refractivity contribution in [2.45, 2.75) is 19.9 Å². The van der Waals surface area contributed by atoms with E-state index in [1.807, 2.05) is 84.9 Å². The third kappa shape index (κ3) is 5.50. The molecular weight excluding hydrogens is 619 g/mol. The van der Waals surface area contributed by atoms with Crippen LogP contribution in [0.15, 0.2) is 142 Å². The van der Waals surface area contributed by atoms with Gasteiger partial charge in [-0.3, -0.25) is 9.36 Å². The number of aromatic nitrogens is 2. The predicted molar refractivity (Wildman–Crippen MR) is 190 cm³/mol. The van der Waals surface area contributed by atoms with E-state index >= 15 is 0 Å². The summed E-state index contributed by atoms with van der Waals surface area (Å²) in [6.07, 6.45) is 1.95. The van der Waals surface area contributed by atoms with Crippen molar-refractivity contribution in [2.24, 2.45) is 4.99 Å². The second-order valence-corrected chi connectivity index (χ2v) is 12.3. The molecule has 1 atom stereocenters. The van der Waals surface area contributed by atoms with Gasteiger partial charge in [0.2, 0.25) is 0 Å². The van der Waals surface area contributed by atoms with E-state index in [4.69, 9.17) is 14.5 Å². The zero-order valence-electron chi connectivity index (χ0n) is 26.8. The summed E-state index contributed by atoms with van der Waals surface area (Å²) in [5.41, 5.74) is 7.12. The lowest BCUT2D eigenvalue weighted by Crippen LogP contribution is -2.40. The number of carbonyl (C=O) groups is 1. The van der Waals surface area contributed by atoms with Gasteiger partial charge >= 0.3 is 5.97 Å². The number of thiazole rings is 1. The Balaban J connectivity index is 1.52. The molecule has 7 nitrogen and oxygen atoms in total. The minimum Gasteiger partial charge on any atom is -0.496 e. The molecule has 6 aromatic rings. The van der Waals surface area contributed by atoms with Gasteiger partial charge in [-0.15, -0.1) is 0 Å². The van der Waals surface area contributed by atoms with E-state index in [0.717, 1.165) is 33.8 Å². The van der Waals surface area contributed by atoms with Gasteiger partial charge in [0.05, 0.1) is 40.9 Å². The average Bonchev–Trinajstić information content (AvgIpc) is 3.65. The highest BCUT2D eigenvalue weighted by molar-refractivity contribution is 7.07. The van der Waals surface area contributed by atoms with Gasteiger partial charge < -0.3 is 14.0 Å². The fourth-order valence-electron chi connectivity index (χ4n) is 6.32. The molecule has 0 N–H and O–H groups in total. The van der Waals surface area contributed by atoms with E-state index in [1.54, 1.807) is 25.5 Å². The normalized spacial score (nSPS) is 14.4. The molecule has 1 aliphatic heterocycles. The number of allylic oxidation sites excluding steroid dienone is 1. The quantitative estimate of drug-likeness (QED) is 0.167. The molecule has 0 aliphatic carbocycles. The van der Waals surface area contributed by atoms with Crippen LogP contribution in [-0.2, 0) is 9.53 Å². The van der Waals surface area contributed by atoms with Crippen LogP contribution in [0.5, 0.6) is 5.75 Å². The molecule has 0 spiro atoms. The van der Waals surface area contributed by atoms with Crippen molar-refractivity contribution < 1.29 is 14.3 Å². The van der Waals surface area contributed by atoms with E-state index in [9.17, 15) is 9.59 Å². The predicted octanol–water partition coefficient (Wildman–Crippen LogP) is 6.93. The van der Waals surface area contributed by atoms with Crippen LogP contribution in [-0.4, -0.2) is 28.8 Å². The summed E-state index contributed by atoms with van der Waals surface area (Å²) in [6.45, 7) is 3.74. The van der Waals surface area contributed by atoms with Crippen molar-refractivity contribution in [3.8, 4) is 34.0 Å². The molecule has 8 heteroatoms. The molecule has 0 radical (unpaired) electrons. The minimum absolute atomic E-state index is 0.198. The summed E-state index contributed by atoms with van der Waals surface area (Å²) in [5, 5.41) is 0. The Labute approximate surface area is 282 Å². The largest absolute Gasteiger partial charge is 0.496 e. The molecule has 48 heavy (non-hydrogen) atoms. The standard InChI is InChI=1S/C40H33N3O4S/c1-4-47-39(45)35-26(2)41-40-43(37(35)31-22-14-15-23-33(31)46-3)38(44)34(48-40)25-29-24-32(27-16-8-5-9-17-27)42(30-20-12-7-13-21-30)36(29)28-18-10-6-11-19-28/h5-25,37H,4H2,1-3H3/b34-25-/t37-/m1/s1. The smallest absolute Gasteiger partial charge is 0.338 e. The Morgan fingerprint density at radius 3 is 2.17 bits per heavy atom. The molecule has 4 aromatic carbocycles. The number of fused-ring (bicyclic) bond motifs is 1. The molecule has 3 heterocycles. The summed E-state index contributed by atoms with van der Waals surface area (Å²) >= 11 is 1.30. The molecule has 0 amide bonds. The van der Waals surface area contributed by atoms with Gasteiger partial charge in [0.1, 0.15) is 11.8 Å². The molecule has 0 saturated heterocycles. The van der Waals surface area contributed by atoms with Crippen molar-refractivity contribution in [3.05, 3.63) is 163 Å². The Morgan fingerprint density at radius 2 is 1.50 bits per heavy atom. The molecule has 0 fully saturated rings. The van der Waals surface area contributed by atoms with Crippen molar-refractivity contribution in [2.75, 3.05) is 13.7 Å². The highest BCUT2D eigenvalue weighted by atomic mass is 32.1. The maximum atomic E-state index is 14.6. The Morgan fingerprint density at radius 1 is 0.875 bits per heavy atom. The van der Waals surface area contributed by atoms with E-state index in [-0.39, 0.29) is 12.2 Å². The number of esters is 1. The van der Waals surface area contributed by atoms with Gasteiger partial charge in [0.15, 0.2) is 4.80 Å². The Hall–Kier alpha value is -5.73. The van der Waals surface area contributed by atoms with Crippen molar-refractivity contribution in [3.63, 3.8) is 0 Å². The van der Waals surface area contributed by atoms with Crippen LogP contribution in [0.3, 0.4) is 0 Å². The molecule has 2 aromatic heterocycles. The van der Waals surface area contributed by atoms with Crippen LogP contribution in [0.2, 0.25) is 0 Å². The number of hydrogen-bond acceptors (Lipinski definition) is 6. The first-order valence-corrected chi connectivity index (χ1v) is 16.6. The second kappa shape index (κ2) is 13.2. The molecule has 1 aliphatic rings. The van der Waals surface area contributed by atoms with Crippen LogP contribution >= 0.6 is 11.3 Å². The summed E-state index contributed by atoms with van der Waals surface area (Å²) in [6, 6.07) is 39.5. The average molecular weight is 652 g/mol. The van der Waals surface area contributed by atoms with E-state index in [1.165, 1.54) is 11.3 Å². The lowest BCUT2D eigenvalue weighted by Gasteiger charge is -2.25. The molecule has 0 bridgehead atoms. The molecule has 7 rings (SSSR count). The number of methoxy groups -OCH3 is 1. The fourth-order valence-corrected chi connectivity index (χ4v) is 7.35. The van der Waals surface area contributed by atoms with Crippen LogP contribution in [0.4, 0.5) is 0 Å². The monoisotopic (exact) mass is 651 g/mol. The fraction of sp³-hybridized carbons (Fsp3) is 0.125. The first kappa shape index (κ1) is 30.9. The van der Waals surface area contributed by atoms with Gasteiger partial charge in [0, 0.05) is 16.8 Å². The lowest BCUT2D eigenvalue weighted by molar-refractivity contribution is -0.139. The molecule has 238 valence electrons. The highest BCUT2D eigenvalue weighted by Gasteiger charge is 2.35. The highest BCUT2D eigenvalue weighted by Crippen LogP contribution is 2.38. The van der Waals surface area contributed by atoms with Gasteiger partial charge in [0.25, 0.3) is 5.56 Å². The summed E-state index contributed by atoms with van der Waals surface area (Å²) < 4.78 is 15.5. The van der Waals surface area contributed by atoms with Crippen LogP contribution in [0, 0.1) is 0 Å². The van der Waals surface area contributed by atoms with E-state index < -0.39 is 12.0 Å². The second-order valence-electron chi connectivity index (χ2n) is 11.3. The summed E-state index contributed by atoms with van der Waals surface area (Å²) in [7, 11) is 1.58. The van der Waals surface area contributed by atoms with Crippen LogP contribution in [0.25, 0.3) is 34.3 Å². The van der Waals surface area contributed by atoms with Gasteiger partial charge in [-0.1, -0.05) is 108 Å². The first-order chi connectivity index (χ1) is 23.5. The van der Waals surface area contributed by atoms with Crippen LogP contribution < -0.4 is 19.6 Å². The third-order valence-corrected chi connectivity index (χ3v) is 9.38. The van der Waals surface area contributed by atoms with Gasteiger partial charge in [-0.2, -0.15) is 0 Å². The van der Waals surface area contributed by atoms with E-state index in [2.05, 4.69) is 47.0 Å². The molecule has 0 unspecified atom stereocenters. The number of carbonyl (C=O) groups excluding carboxylic acids is 1. The van der Waals surface area contributed by atoms with Crippen molar-refractivity contribution in [1.29, 1.82) is 0 Å². The van der Waals surface area contributed by atoms with Crippen molar-refractivity contribution >= 4 is 23.4 Å². The van der Waals surface area contributed by atoms with Crippen LogP contribution in [0.1, 0.15) is 31.0 Å². The van der Waals surface area contributed by atoms with Gasteiger partial charge in [-0.25, -0.2) is 9.79 Å². The first-order valence-electron chi connectivity index (χ1n) is 15.7. The molecule has 0 saturated carbocycles. The number of benzene rings is 4. The SMILES string of the molecule is CCOC(=O)C1=C(C)N=c2s/c(=C\c3cc(-c4ccccc4)n(-c4ccccc4)c3-c3ccccc3)c(=O)n2[C@@H]1c1ccccc1OC. The zero-order chi connectivity index (χ0) is 33.2. The number of para-hydroxylation sites is 2. The summed E-state index contributed by atoms with van der Waals surface area (Å²) in [5.74, 6) is 0.0510. The Bertz CT molecular complexity index is 2340. The number of nitrogens with zero attached hydrogens (tertiary/aromatic N) is 3. The molecular formula is C40H33N3O4S. The van der Waals surface area contributed by atoms with Gasteiger partial charge in [-0.05, 0) is 55.3 Å². The summed E-state index contributed by atoms with van der Waals surface area (Å²) in [4.78, 5) is 33.3. The maximum absolute atomic E-state index is 14.6. The Kier molecular flexibility index (Phi) is 8.48. The third-order valence-electron chi connectivity index (χ3n) is 8.40. The van der Waals surface area contributed by atoms with E-state index in [0.29, 0.717) is 31.9 Å². The minimum atomic E-state index is -0.777. The number of rotatable bonds is 8. The zero-order valence-corrected chi connectivity index (χ0v) is 27.6. The maximum Gasteiger partial charge on any atom is 0.338 e. The topological polar surface area (TPSA) is 74.8 Å². The number of ether oxygens (including phenoxy) is 2. The lowest BCUT2D eigenvalue weighted by atomic mass is 9.95. The van der Waals surface area contributed by atoms with Crippen molar-refractivity contribution in [1.82, 2.24) is 9.13 Å².